The summed E-state index contributed by atoms with van der Waals surface area (Å²) in [4.78, 5) is 14.5. The number of rotatable bonds is 5. The molecule has 6 nitrogen and oxygen atoms in total. The summed E-state index contributed by atoms with van der Waals surface area (Å²) < 4.78 is 5.20. The van der Waals surface area contributed by atoms with Crippen molar-refractivity contribution in [2.75, 3.05) is 6.61 Å². The van der Waals surface area contributed by atoms with Crippen LogP contribution in [0.3, 0.4) is 0 Å². The maximum absolute atomic E-state index is 11.0. The number of nitro groups is 1. The fraction of sp³-hybridized carbons (Fsp3) is 0.133. The predicted octanol–water partition coefficient (Wildman–Crippen LogP) is 3.45. The first-order valence-electron chi connectivity index (χ1n) is 6.35. The van der Waals surface area contributed by atoms with E-state index in [1.165, 1.54) is 18.3 Å². The average Bonchev–Trinajstić information content (AvgIpc) is 2.49. The van der Waals surface area contributed by atoms with Crippen LogP contribution in [0.4, 0.5) is 11.4 Å². The van der Waals surface area contributed by atoms with Crippen LogP contribution in [-0.4, -0.2) is 22.9 Å². The Hall–Kier alpha value is -2.89. The predicted molar refractivity (Wildman–Crippen MR) is 79.6 cm³/mol. The van der Waals surface area contributed by atoms with E-state index >= 15 is 0 Å². The number of hydrogen-bond acceptors (Lipinski definition) is 5. The lowest BCUT2D eigenvalue weighted by Crippen LogP contribution is -1.97. The number of benzene rings is 2. The third-order valence-corrected chi connectivity index (χ3v) is 2.69. The van der Waals surface area contributed by atoms with Crippen molar-refractivity contribution < 1.29 is 14.8 Å². The molecule has 0 saturated heterocycles. The fourth-order valence-electron chi connectivity index (χ4n) is 1.76. The van der Waals surface area contributed by atoms with Gasteiger partial charge in [-0.1, -0.05) is 18.2 Å². The molecule has 0 aromatic heterocycles. The standard InChI is InChI=1S/C15H14N2O4/c1-2-21-14-9-11(8-13(15(14)18)17(19)20)10-16-12-6-4-3-5-7-12/h3-10,18H,2H2,1H3. The molecule has 0 atom stereocenters. The topological polar surface area (TPSA) is 85.0 Å². The molecule has 6 heteroatoms. The zero-order valence-corrected chi connectivity index (χ0v) is 11.4. The molecule has 0 bridgehead atoms. The zero-order valence-electron chi connectivity index (χ0n) is 11.4. The number of nitrogens with zero attached hydrogens (tertiary/aromatic N) is 2. The van der Waals surface area contributed by atoms with Crippen molar-refractivity contribution in [2.45, 2.75) is 6.92 Å². The maximum Gasteiger partial charge on any atom is 0.315 e. The molecule has 108 valence electrons. The number of nitro benzene ring substituents is 1. The molecular formula is C15H14N2O4. The van der Waals surface area contributed by atoms with Crippen LogP contribution in [0, 0.1) is 10.1 Å². The Bertz CT molecular complexity index is 669. The minimum Gasteiger partial charge on any atom is -0.500 e. The molecule has 0 aliphatic heterocycles. The molecule has 0 fully saturated rings. The Balaban J connectivity index is 2.39. The quantitative estimate of drug-likeness (QED) is 0.518. The Kier molecular flexibility index (Phi) is 4.50. The summed E-state index contributed by atoms with van der Waals surface area (Å²) in [5.74, 6) is -0.403. The first-order chi connectivity index (χ1) is 10.1. The Morgan fingerprint density at radius 1 is 1.33 bits per heavy atom. The molecule has 0 heterocycles. The minimum atomic E-state index is -0.655. The third-order valence-electron chi connectivity index (χ3n) is 2.69. The van der Waals surface area contributed by atoms with E-state index in [0.29, 0.717) is 12.2 Å². The van der Waals surface area contributed by atoms with Gasteiger partial charge in [-0.25, -0.2) is 0 Å². The lowest BCUT2D eigenvalue weighted by atomic mass is 10.2. The van der Waals surface area contributed by atoms with Gasteiger partial charge in [0, 0.05) is 17.8 Å². The molecular weight excluding hydrogens is 272 g/mol. The molecule has 2 rings (SSSR count). The van der Waals surface area contributed by atoms with Gasteiger partial charge in [0.15, 0.2) is 5.75 Å². The first-order valence-corrected chi connectivity index (χ1v) is 6.35. The van der Waals surface area contributed by atoms with Crippen LogP contribution in [0.15, 0.2) is 47.5 Å². The Labute approximate surface area is 121 Å². The monoisotopic (exact) mass is 286 g/mol. The second kappa shape index (κ2) is 6.51. The summed E-state index contributed by atoms with van der Waals surface area (Å²) >= 11 is 0. The van der Waals surface area contributed by atoms with Crippen LogP contribution in [0.5, 0.6) is 11.5 Å². The lowest BCUT2D eigenvalue weighted by molar-refractivity contribution is -0.386. The van der Waals surface area contributed by atoms with Gasteiger partial charge in [-0.05, 0) is 25.1 Å². The van der Waals surface area contributed by atoms with Crippen molar-refractivity contribution in [2.24, 2.45) is 4.99 Å². The molecule has 2 aromatic carbocycles. The smallest absolute Gasteiger partial charge is 0.315 e. The second-order valence-electron chi connectivity index (χ2n) is 4.17. The number of hydrogen-bond donors (Lipinski definition) is 1. The highest BCUT2D eigenvalue weighted by Crippen LogP contribution is 2.36. The van der Waals surface area contributed by atoms with Gasteiger partial charge in [0.1, 0.15) is 0 Å². The van der Waals surface area contributed by atoms with E-state index in [0.717, 1.165) is 5.69 Å². The van der Waals surface area contributed by atoms with Crippen molar-refractivity contribution in [1.82, 2.24) is 0 Å². The number of phenolic OH excluding ortho intramolecular Hbond substituents is 1. The molecule has 0 saturated carbocycles. The van der Waals surface area contributed by atoms with Crippen LogP contribution in [-0.2, 0) is 0 Å². The SMILES string of the molecule is CCOc1cc(C=Nc2ccccc2)cc([N+](=O)[O-])c1O. The van der Waals surface area contributed by atoms with Crippen molar-refractivity contribution >= 4 is 17.6 Å². The van der Waals surface area contributed by atoms with Gasteiger partial charge in [0.05, 0.1) is 17.2 Å². The van der Waals surface area contributed by atoms with Crippen LogP contribution in [0.25, 0.3) is 0 Å². The van der Waals surface area contributed by atoms with E-state index in [4.69, 9.17) is 4.74 Å². The summed E-state index contributed by atoms with van der Waals surface area (Å²) in [5.41, 5.74) is 0.799. The van der Waals surface area contributed by atoms with E-state index in [-0.39, 0.29) is 5.75 Å². The Morgan fingerprint density at radius 3 is 2.67 bits per heavy atom. The lowest BCUT2D eigenvalue weighted by Gasteiger charge is -2.07. The van der Waals surface area contributed by atoms with Crippen LogP contribution in [0.2, 0.25) is 0 Å². The number of para-hydroxylation sites is 1. The molecule has 0 aliphatic rings. The van der Waals surface area contributed by atoms with Crippen molar-refractivity contribution in [1.29, 1.82) is 0 Å². The van der Waals surface area contributed by atoms with Crippen LogP contribution < -0.4 is 4.74 Å². The Morgan fingerprint density at radius 2 is 2.05 bits per heavy atom. The van der Waals surface area contributed by atoms with Crippen molar-refractivity contribution in [3.8, 4) is 11.5 Å². The van der Waals surface area contributed by atoms with Crippen molar-refractivity contribution in [3.05, 3.63) is 58.1 Å². The van der Waals surface area contributed by atoms with Gasteiger partial charge in [-0.2, -0.15) is 0 Å². The van der Waals surface area contributed by atoms with E-state index in [9.17, 15) is 15.2 Å². The molecule has 0 radical (unpaired) electrons. The van der Waals surface area contributed by atoms with E-state index < -0.39 is 16.4 Å². The fourth-order valence-corrected chi connectivity index (χ4v) is 1.76. The number of aliphatic imine (C=N–C) groups is 1. The number of aromatic hydroxyl groups is 1. The summed E-state index contributed by atoms with van der Waals surface area (Å²) in [6.07, 6.45) is 1.49. The summed E-state index contributed by atoms with van der Waals surface area (Å²) in [6.45, 7) is 2.03. The molecule has 0 amide bonds. The second-order valence-corrected chi connectivity index (χ2v) is 4.17. The highest BCUT2D eigenvalue weighted by Gasteiger charge is 2.19. The van der Waals surface area contributed by atoms with E-state index in [2.05, 4.69) is 4.99 Å². The normalized spacial score (nSPS) is 10.7. The molecule has 2 aromatic rings. The van der Waals surface area contributed by atoms with Gasteiger partial charge >= 0.3 is 5.69 Å². The minimum absolute atomic E-state index is 0.0706. The maximum atomic E-state index is 11.0. The molecule has 0 spiro atoms. The van der Waals surface area contributed by atoms with Crippen LogP contribution in [0.1, 0.15) is 12.5 Å². The van der Waals surface area contributed by atoms with E-state index in [1.54, 1.807) is 6.92 Å². The molecule has 0 unspecified atom stereocenters. The van der Waals surface area contributed by atoms with Gasteiger partial charge in [0.25, 0.3) is 0 Å². The highest BCUT2D eigenvalue weighted by atomic mass is 16.6. The largest absolute Gasteiger partial charge is 0.500 e. The summed E-state index contributed by atoms with van der Waals surface area (Å²) in [5, 5.41) is 20.7. The number of ether oxygens (including phenoxy) is 1. The van der Waals surface area contributed by atoms with E-state index in [1.807, 2.05) is 30.3 Å². The number of phenols is 1. The zero-order chi connectivity index (χ0) is 15.2. The molecule has 1 N–H and O–H groups in total. The molecule has 21 heavy (non-hydrogen) atoms. The first kappa shape index (κ1) is 14.5. The van der Waals surface area contributed by atoms with Gasteiger partial charge in [-0.3, -0.25) is 15.1 Å². The third kappa shape index (κ3) is 3.56. The van der Waals surface area contributed by atoms with Gasteiger partial charge in [-0.15, -0.1) is 0 Å². The molecule has 0 aliphatic carbocycles. The summed E-state index contributed by atoms with van der Waals surface area (Å²) in [6, 6.07) is 12.0. The average molecular weight is 286 g/mol. The van der Waals surface area contributed by atoms with Gasteiger partial charge < -0.3 is 9.84 Å². The highest BCUT2D eigenvalue weighted by molar-refractivity contribution is 5.85. The van der Waals surface area contributed by atoms with Gasteiger partial charge in [0.2, 0.25) is 5.75 Å². The van der Waals surface area contributed by atoms with Crippen LogP contribution >= 0.6 is 0 Å². The summed E-state index contributed by atoms with van der Waals surface area (Å²) in [7, 11) is 0. The van der Waals surface area contributed by atoms with Crippen molar-refractivity contribution in [3.63, 3.8) is 0 Å².